The topological polar surface area (TPSA) is 66.5 Å². The number of hydrogen-bond acceptors (Lipinski definition) is 3. The van der Waals surface area contributed by atoms with Gasteiger partial charge in [-0.2, -0.15) is 0 Å². The average Bonchev–Trinajstić information content (AvgIpc) is 2.16. The molecule has 0 aromatic heterocycles. The van der Waals surface area contributed by atoms with Gasteiger partial charge in [-0.25, -0.2) is 13.1 Å². The third-order valence-electron chi connectivity index (χ3n) is 2.42. The molecular weight excluding hydrogens is 228 g/mol. The van der Waals surface area contributed by atoms with Crippen molar-refractivity contribution in [3.8, 4) is 0 Å². The van der Waals surface area contributed by atoms with E-state index >= 15 is 0 Å². The molecule has 1 heterocycles. The minimum Gasteiger partial charge on any atom is -0.338 e. The number of nitrogens with one attached hydrogen (secondary N) is 1. The molecule has 1 aliphatic heterocycles. The van der Waals surface area contributed by atoms with E-state index in [4.69, 9.17) is 0 Å². The SMILES string of the molecule is CC=CC(=O)N1CCCC(NS(C)(=O)=O)C1. The second-order valence-corrected chi connectivity index (χ2v) is 5.79. The Balaban J connectivity index is 2.57. The zero-order valence-electron chi connectivity index (χ0n) is 9.64. The number of allylic oxidation sites excluding steroid dienone is 1. The van der Waals surface area contributed by atoms with Crippen LogP contribution >= 0.6 is 0 Å². The summed E-state index contributed by atoms with van der Waals surface area (Å²) >= 11 is 0. The molecule has 5 nitrogen and oxygen atoms in total. The molecule has 0 radical (unpaired) electrons. The van der Waals surface area contributed by atoms with E-state index in [0.29, 0.717) is 13.1 Å². The number of hydrogen-bond donors (Lipinski definition) is 1. The summed E-state index contributed by atoms with van der Waals surface area (Å²) in [5.41, 5.74) is 0. The van der Waals surface area contributed by atoms with Crippen LogP contribution in [-0.4, -0.2) is 44.6 Å². The molecule has 0 aliphatic carbocycles. The van der Waals surface area contributed by atoms with Crippen LogP contribution in [0.15, 0.2) is 12.2 Å². The summed E-state index contributed by atoms with van der Waals surface area (Å²) in [6.07, 6.45) is 5.95. The van der Waals surface area contributed by atoms with E-state index in [0.717, 1.165) is 19.1 Å². The normalized spacial score (nSPS) is 22.6. The number of nitrogens with zero attached hydrogens (tertiary/aromatic N) is 1. The van der Waals surface area contributed by atoms with Crippen LogP contribution in [0, 0.1) is 0 Å². The van der Waals surface area contributed by atoms with Gasteiger partial charge in [0.25, 0.3) is 0 Å². The fraction of sp³-hybridized carbons (Fsp3) is 0.700. The largest absolute Gasteiger partial charge is 0.338 e. The van der Waals surface area contributed by atoms with Crippen LogP contribution in [0.4, 0.5) is 0 Å². The van der Waals surface area contributed by atoms with Gasteiger partial charge in [-0.05, 0) is 25.8 Å². The maximum Gasteiger partial charge on any atom is 0.246 e. The van der Waals surface area contributed by atoms with Crippen LogP contribution in [0.25, 0.3) is 0 Å². The zero-order chi connectivity index (χ0) is 12.2. The van der Waals surface area contributed by atoms with Gasteiger partial charge in [0.1, 0.15) is 0 Å². The van der Waals surface area contributed by atoms with Gasteiger partial charge in [0, 0.05) is 19.1 Å². The predicted octanol–water partition coefficient (Wildman–Crippen LogP) is 0.103. The number of rotatable bonds is 3. The van der Waals surface area contributed by atoms with Crippen molar-refractivity contribution in [3.63, 3.8) is 0 Å². The molecule has 1 saturated heterocycles. The third kappa shape index (κ3) is 4.32. The third-order valence-corrected chi connectivity index (χ3v) is 3.18. The highest BCUT2D eigenvalue weighted by Gasteiger charge is 2.24. The molecule has 16 heavy (non-hydrogen) atoms. The zero-order valence-corrected chi connectivity index (χ0v) is 10.5. The Morgan fingerprint density at radius 2 is 2.19 bits per heavy atom. The molecule has 1 unspecified atom stereocenters. The number of sulfonamides is 1. The standard InChI is InChI=1S/C10H18N2O3S/c1-3-5-10(13)12-7-4-6-9(8-12)11-16(2,14)15/h3,5,9,11H,4,6-8H2,1-2H3. The molecule has 1 atom stereocenters. The number of carbonyl (C=O) groups excluding carboxylic acids is 1. The summed E-state index contributed by atoms with van der Waals surface area (Å²) in [6.45, 7) is 2.94. The molecule has 6 heteroatoms. The van der Waals surface area contributed by atoms with Crippen molar-refractivity contribution >= 4 is 15.9 Å². The Kier molecular flexibility index (Phi) is 4.49. The van der Waals surface area contributed by atoms with Gasteiger partial charge < -0.3 is 4.90 Å². The summed E-state index contributed by atoms with van der Waals surface area (Å²) in [4.78, 5) is 13.2. The molecule has 1 fully saturated rings. The van der Waals surface area contributed by atoms with Crippen LogP contribution in [0.1, 0.15) is 19.8 Å². The molecule has 1 aliphatic rings. The van der Waals surface area contributed by atoms with Crippen molar-refractivity contribution in [2.45, 2.75) is 25.8 Å². The summed E-state index contributed by atoms with van der Waals surface area (Å²) in [5.74, 6) is -0.0532. The molecule has 0 aromatic carbocycles. The van der Waals surface area contributed by atoms with Gasteiger partial charge in [0.15, 0.2) is 0 Å². The Hall–Kier alpha value is -0.880. The van der Waals surface area contributed by atoms with Crippen molar-refractivity contribution in [2.75, 3.05) is 19.3 Å². The lowest BCUT2D eigenvalue weighted by Gasteiger charge is -2.32. The van der Waals surface area contributed by atoms with Gasteiger partial charge in [-0.3, -0.25) is 4.79 Å². The van der Waals surface area contributed by atoms with Crippen LogP contribution < -0.4 is 4.72 Å². The van der Waals surface area contributed by atoms with Crippen molar-refractivity contribution < 1.29 is 13.2 Å². The van der Waals surface area contributed by atoms with E-state index in [-0.39, 0.29) is 11.9 Å². The fourth-order valence-electron chi connectivity index (χ4n) is 1.82. The maximum absolute atomic E-state index is 11.6. The van der Waals surface area contributed by atoms with E-state index in [1.165, 1.54) is 6.08 Å². The lowest BCUT2D eigenvalue weighted by Crippen LogP contribution is -2.48. The second-order valence-electron chi connectivity index (χ2n) is 4.01. The van der Waals surface area contributed by atoms with Crippen LogP contribution in [0.2, 0.25) is 0 Å². The number of carbonyl (C=O) groups is 1. The minimum absolute atomic E-state index is 0.0532. The second kappa shape index (κ2) is 5.45. The molecule has 0 aromatic rings. The van der Waals surface area contributed by atoms with Crippen LogP contribution in [0.5, 0.6) is 0 Å². The highest BCUT2D eigenvalue weighted by Crippen LogP contribution is 2.11. The maximum atomic E-state index is 11.6. The monoisotopic (exact) mass is 246 g/mol. The lowest BCUT2D eigenvalue weighted by atomic mass is 10.1. The average molecular weight is 246 g/mol. The van der Waals surface area contributed by atoms with Gasteiger partial charge in [0.2, 0.25) is 15.9 Å². The number of piperidine rings is 1. The first kappa shape index (κ1) is 13.2. The Morgan fingerprint density at radius 3 is 2.75 bits per heavy atom. The Labute approximate surface area is 96.6 Å². The molecule has 0 saturated carbocycles. The number of amides is 1. The van der Waals surface area contributed by atoms with Crippen molar-refractivity contribution in [2.24, 2.45) is 0 Å². The van der Waals surface area contributed by atoms with Crippen molar-refractivity contribution in [1.82, 2.24) is 9.62 Å². The first-order valence-electron chi connectivity index (χ1n) is 5.31. The first-order valence-corrected chi connectivity index (χ1v) is 7.20. The van der Waals surface area contributed by atoms with E-state index in [1.54, 1.807) is 17.9 Å². The molecule has 1 amide bonds. The summed E-state index contributed by atoms with van der Waals surface area (Å²) in [5, 5.41) is 0. The molecule has 92 valence electrons. The highest BCUT2D eigenvalue weighted by molar-refractivity contribution is 7.88. The van der Waals surface area contributed by atoms with Gasteiger partial charge in [0.05, 0.1) is 6.26 Å². The fourth-order valence-corrected chi connectivity index (χ4v) is 2.62. The summed E-state index contributed by atoms with van der Waals surface area (Å²) < 4.78 is 24.7. The van der Waals surface area contributed by atoms with Gasteiger partial charge in [-0.15, -0.1) is 0 Å². The van der Waals surface area contributed by atoms with E-state index in [2.05, 4.69) is 4.72 Å². The summed E-state index contributed by atoms with van der Waals surface area (Å²) in [7, 11) is -3.19. The molecule has 0 bridgehead atoms. The van der Waals surface area contributed by atoms with Crippen LogP contribution in [0.3, 0.4) is 0 Å². The van der Waals surface area contributed by atoms with E-state index < -0.39 is 10.0 Å². The van der Waals surface area contributed by atoms with Gasteiger partial charge in [-0.1, -0.05) is 6.08 Å². The highest BCUT2D eigenvalue weighted by atomic mass is 32.2. The minimum atomic E-state index is -3.19. The van der Waals surface area contributed by atoms with E-state index in [9.17, 15) is 13.2 Å². The molecule has 1 N–H and O–H groups in total. The predicted molar refractivity (Wildman–Crippen MR) is 62.4 cm³/mol. The molecular formula is C10H18N2O3S. The molecule has 0 spiro atoms. The van der Waals surface area contributed by atoms with Crippen LogP contribution in [-0.2, 0) is 14.8 Å². The van der Waals surface area contributed by atoms with Crippen molar-refractivity contribution in [3.05, 3.63) is 12.2 Å². The lowest BCUT2D eigenvalue weighted by molar-refractivity contribution is -0.127. The van der Waals surface area contributed by atoms with Gasteiger partial charge >= 0.3 is 0 Å². The smallest absolute Gasteiger partial charge is 0.246 e. The first-order chi connectivity index (χ1) is 7.42. The van der Waals surface area contributed by atoms with E-state index in [1.807, 2.05) is 0 Å². The number of likely N-dealkylation sites (tertiary alicyclic amines) is 1. The molecule has 1 rings (SSSR count). The Bertz CT molecular complexity index is 376. The Morgan fingerprint density at radius 1 is 1.50 bits per heavy atom. The quantitative estimate of drug-likeness (QED) is 0.718. The van der Waals surface area contributed by atoms with Crippen molar-refractivity contribution in [1.29, 1.82) is 0 Å². The summed E-state index contributed by atoms with van der Waals surface area (Å²) in [6, 6.07) is -0.155.